The van der Waals surface area contributed by atoms with Crippen LogP contribution >= 0.6 is 0 Å². The van der Waals surface area contributed by atoms with Crippen LogP contribution in [-0.2, 0) is 4.79 Å². The number of nitrogens with zero attached hydrogens (tertiary/aromatic N) is 1. The average Bonchev–Trinajstić information content (AvgIpc) is 3.35. The normalized spacial score (nSPS) is 15.2. The lowest BCUT2D eigenvalue weighted by Crippen LogP contribution is -2.45. The Balaban J connectivity index is 1.39. The van der Waals surface area contributed by atoms with Gasteiger partial charge in [-0.05, 0) is 71.8 Å². The molecule has 0 spiro atoms. The van der Waals surface area contributed by atoms with Gasteiger partial charge in [0.05, 0.1) is 5.56 Å². The van der Waals surface area contributed by atoms with E-state index in [1.165, 1.54) is 5.56 Å². The fourth-order valence-electron chi connectivity index (χ4n) is 4.23. The first-order valence-corrected chi connectivity index (χ1v) is 11.7. The fraction of sp³-hybridized carbons (Fsp3) is 0.250. The molecule has 0 bridgehead atoms. The van der Waals surface area contributed by atoms with Crippen molar-refractivity contribution in [2.45, 2.75) is 38.6 Å². The summed E-state index contributed by atoms with van der Waals surface area (Å²) in [5, 5.41) is 15.0. The second-order valence-corrected chi connectivity index (χ2v) is 9.01. The van der Waals surface area contributed by atoms with Crippen molar-refractivity contribution in [2.24, 2.45) is 0 Å². The van der Waals surface area contributed by atoms with Gasteiger partial charge in [0.15, 0.2) is 0 Å². The molecule has 0 saturated carbocycles. The van der Waals surface area contributed by atoms with Crippen LogP contribution in [0.15, 0.2) is 72.8 Å². The van der Waals surface area contributed by atoms with E-state index < -0.39 is 12.0 Å². The van der Waals surface area contributed by atoms with E-state index >= 15 is 0 Å². The van der Waals surface area contributed by atoms with Crippen LogP contribution in [0.4, 0.5) is 16.2 Å². The quantitative estimate of drug-likeness (QED) is 0.422. The average molecular weight is 472 g/mol. The topological polar surface area (TPSA) is 98.7 Å². The van der Waals surface area contributed by atoms with E-state index in [1.807, 2.05) is 42.5 Å². The SMILES string of the molecule is CC(C)c1ccc(NC(=O)N2CCC[C@@H]2C(=O)Nc2ccc(-c3cccc(C(=O)O)c3)cc2)cc1. The molecule has 7 heteroatoms. The van der Waals surface area contributed by atoms with Crippen LogP contribution in [0.1, 0.15) is 48.5 Å². The van der Waals surface area contributed by atoms with Gasteiger partial charge in [-0.15, -0.1) is 0 Å². The summed E-state index contributed by atoms with van der Waals surface area (Å²) in [5.74, 6) is -0.794. The van der Waals surface area contributed by atoms with E-state index in [1.54, 1.807) is 35.2 Å². The van der Waals surface area contributed by atoms with Crippen LogP contribution in [0.25, 0.3) is 11.1 Å². The molecular formula is C28H29N3O4. The van der Waals surface area contributed by atoms with Gasteiger partial charge in [-0.25, -0.2) is 9.59 Å². The highest BCUT2D eigenvalue weighted by atomic mass is 16.4. The summed E-state index contributed by atoms with van der Waals surface area (Å²) < 4.78 is 0. The first-order valence-electron chi connectivity index (χ1n) is 11.7. The van der Waals surface area contributed by atoms with Crippen molar-refractivity contribution in [3.8, 4) is 11.1 Å². The zero-order valence-corrected chi connectivity index (χ0v) is 19.8. The molecule has 3 aromatic rings. The molecule has 1 heterocycles. The van der Waals surface area contributed by atoms with Crippen LogP contribution in [0.2, 0.25) is 0 Å². The predicted octanol–water partition coefficient (Wildman–Crippen LogP) is 5.81. The largest absolute Gasteiger partial charge is 0.478 e. The Bertz CT molecular complexity index is 1220. The summed E-state index contributed by atoms with van der Waals surface area (Å²) in [5.41, 5.74) is 4.36. The predicted molar refractivity (Wildman–Crippen MR) is 137 cm³/mol. The second kappa shape index (κ2) is 10.4. The van der Waals surface area contributed by atoms with Crippen molar-refractivity contribution in [3.63, 3.8) is 0 Å². The first-order chi connectivity index (χ1) is 16.8. The number of urea groups is 1. The number of rotatable bonds is 6. The monoisotopic (exact) mass is 471 g/mol. The number of likely N-dealkylation sites (tertiary alicyclic amines) is 1. The number of anilines is 2. The molecule has 1 atom stereocenters. The molecule has 1 fully saturated rings. The highest BCUT2D eigenvalue weighted by molar-refractivity contribution is 5.99. The number of hydrogen-bond donors (Lipinski definition) is 3. The molecule has 1 saturated heterocycles. The molecule has 7 nitrogen and oxygen atoms in total. The molecule has 1 aliphatic rings. The molecule has 35 heavy (non-hydrogen) atoms. The zero-order chi connectivity index (χ0) is 24.9. The van der Waals surface area contributed by atoms with Gasteiger partial charge in [-0.1, -0.05) is 50.2 Å². The molecule has 3 aromatic carbocycles. The minimum Gasteiger partial charge on any atom is -0.478 e. The molecule has 0 unspecified atom stereocenters. The maximum Gasteiger partial charge on any atom is 0.335 e. The summed E-state index contributed by atoms with van der Waals surface area (Å²) in [6, 6.07) is 20.8. The van der Waals surface area contributed by atoms with Crippen LogP contribution in [0, 0.1) is 0 Å². The molecule has 0 aromatic heterocycles. The third-order valence-electron chi connectivity index (χ3n) is 6.24. The van der Waals surface area contributed by atoms with Gasteiger partial charge in [-0.3, -0.25) is 4.79 Å². The fourth-order valence-corrected chi connectivity index (χ4v) is 4.23. The van der Waals surface area contributed by atoms with Crippen LogP contribution < -0.4 is 10.6 Å². The van der Waals surface area contributed by atoms with Gasteiger partial charge in [0, 0.05) is 17.9 Å². The highest BCUT2D eigenvalue weighted by Crippen LogP contribution is 2.25. The van der Waals surface area contributed by atoms with Gasteiger partial charge in [-0.2, -0.15) is 0 Å². The van der Waals surface area contributed by atoms with Crippen molar-refractivity contribution in [3.05, 3.63) is 83.9 Å². The zero-order valence-electron chi connectivity index (χ0n) is 19.8. The van der Waals surface area contributed by atoms with Gasteiger partial charge in [0.1, 0.15) is 6.04 Å². The van der Waals surface area contributed by atoms with E-state index in [0.717, 1.165) is 17.5 Å². The number of carboxylic acid groups (broad SMARTS) is 1. The number of hydrogen-bond acceptors (Lipinski definition) is 3. The summed E-state index contributed by atoms with van der Waals surface area (Å²) in [7, 11) is 0. The Hall–Kier alpha value is -4.13. The Kier molecular flexibility index (Phi) is 7.15. The minimum atomic E-state index is -0.978. The Morgan fingerprint density at radius 2 is 1.54 bits per heavy atom. The van der Waals surface area contributed by atoms with Crippen LogP contribution in [-0.4, -0.2) is 40.5 Å². The summed E-state index contributed by atoms with van der Waals surface area (Å²) in [6.45, 7) is 4.75. The van der Waals surface area contributed by atoms with E-state index in [2.05, 4.69) is 24.5 Å². The molecule has 180 valence electrons. The molecule has 0 aliphatic carbocycles. The Morgan fingerprint density at radius 1 is 0.886 bits per heavy atom. The summed E-state index contributed by atoms with van der Waals surface area (Å²) in [6.07, 6.45) is 1.36. The number of carbonyl (C=O) groups excluding carboxylic acids is 2. The van der Waals surface area contributed by atoms with Crippen molar-refractivity contribution in [2.75, 3.05) is 17.2 Å². The smallest absolute Gasteiger partial charge is 0.335 e. The lowest BCUT2D eigenvalue weighted by molar-refractivity contribution is -0.119. The molecular weight excluding hydrogens is 442 g/mol. The van der Waals surface area contributed by atoms with E-state index in [0.29, 0.717) is 30.3 Å². The maximum absolute atomic E-state index is 13.0. The van der Waals surface area contributed by atoms with Crippen LogP contribution in [0.5, 0.6) is 0 Å². The molecule has 1 aliphatic heterocycles. The Labute approximate surface area is 204 Å². The number of nitrogens with one attached hydrogen (secondary N) is 2. The molecule has 3 amide bonds. The third kappa shape index (κ3) is 5.69. The minimum absolute atomic E-state index is 0.218. The van der Waals surface area contributed by atoms with E-state index in [-0.39, 0.29) is 17.5 Å². The number of benzene rings is 3. The van der Waals surface area contributed by atoms with Crippen LogP contribution in [0.3, 0.4) is 0 Å². The van der Waals surface area contributed by atoms with Crippen molar-refractivity contribution < 1.29 is 19.5 Å². The standard InChI is InChI=1S/C28H29N3O4/c1-18(2)19-8-12-24(13-9-19)30-28(35)31-16-4-7-25(31)26(32)29-23-14-10-20(11-15-23)21-5-3-6-22(17-21)27(33)34/h3,5-6,8-15,17-18,25H,4,7,16H2,1-2H3,(H,29,32)(H,30,35)(H,33,34)/t25-/m1/s1. The highest BCUT2D eigenvalue weighted by Gasteiger charge is 2.34. The van der Waals surface area contributed by atoms with Gasteiger partial charge in [0.25, 0.3) is 0 Å². The molecule has 0 radical (unpaired) electrons. The van der Waals surface area contributed by atoms with Crippen molar-refractivity contribution in [1.82, 2.24) is 4.90 Å². The molecule has 4 rings (SSSR count). The van der Waals surface area contributed by atoms with Gasteiger partial charge in [0.2, 0.25) is 5.91 Å². The van der Waals surface area contributed by atoms with Gasteiger partial charge >= 0.3 is 12.0 Å². The number of aromatic carboxylic acids is 1. The second-order valence-electron chi connectivity index (χ2n) is 9.01. The van der Waals surface area contributed by atoms with Crippen molar-refractivity contribution >= 4 is 29.3 Å². The lowest BCUT2D eigenvalue weighted by Gasteiger charge is -2.24. The van der Waals surface area contributed by atoms with E-state index in [4.69, 9.17) is 0 Å². The summed E-state index contributed by atoms with van der Waals surface area (Å²) >= 11 is 0. The number of amides is 3. The van der Waals surface area contributed by atoms with Gasteiger partial charge < -0.3 is 20.6 Å². The first kappa shape index (κ1) is 24.0. The van der Waals surface area contributed by atoms with E-state index in [9.17, 15) is 19.5 Å². The Morgan fingerprint density at radius 3 is 2.20 bits per heavy atom. The summed E-state index contributed by atoms with van der Waals surface area (Å²) in [4.78, 5) is 38.7. The maximum atomic E-state index is 13.0. The van der Waals surface area contributed by atoms with Crippen molar-refractivity contribution in [1.29, 1.82) is 0 Å². The number of carboxylic acids is 1. The number of carbonyl (C=O) groups is 3. The third-order valence-corrected chi connectivity index (χ3v) is 6.24. The molecule has 3 N–H and O–H groups in total. The lowest BCUT2D eigenvalue weighted by atomic mass is 10.0.